The van der Waals surface area contributed by atoms with Crippen LogP contribution in [0, 0.1) is 5.92 Å². The van der Waals surface area contributed by atoms with Gasteiger partial charge in [0.2, 0.25) is 5.91 Å². The number of rotatable bonds is 6. The molecule has 118 valence electrons. The molecule has 0 spiro atoms. The van der Waals surface area contributed by atoms with Crippen molar-refractivity contribution in [3.63, 3.8) is 0 Å². The molecule has 0 aromatic rings. The number of hydrogen-bond donors (Lipinski definition) is 2. The van der Waals surface area contributed by atoms with Crippen molar-refractivity contribution >= 4 is 17.8 Å². The second kappa shape index (κ2) is 7.43. The van der Waals surface area contributed by atoms with E-state index in [9.17, 15) is 14.4 Å². The monoisotopic (exact) mass is 295 g/mol. The first kappa shape index (κ1) is 15.8. The normalized spacial score (nSPS) is 23.3. The molecule has 1 heterocycles. The molecule has 0 aromatic heterocycles. The number of imide groups is 1. The van der Waals surface area contributed by atoms with Crippen molar-refractivity contribution in [2.75, 3.05) is 13.1 Å². The van der Waals surface area contributed by atoms with E-state index in [4.69, 9.17) is 0 Å². The zero-order valence-electron chi connectivity index (χ0n) is 12.7. The molecule has 2 N–H and O–H groups in total. The topological polar surface area (TPSA) is 78.5 Å². The summed E-state index contributed by atoms with van der Waals surface area (Å²) in [4.78, 5) is 36.7. The number of nitrogens with zero attached hydrogens (tertiary/aromatic N) is 1. The predicted molar refractivity (Wildman–Crippen MR) is 78.5 cm³/mol. The zero-order chi connectivity index (χ0) is 15.2. The molecule has 2 fully saturated rings. The van der Waals surface area contributed by atoms with Crippen molar-refractivity contribution in [1.82, 2.24) is 15.5 Å². The van der Waals surface area contributed by atoms with E-state index in [1.165, 1.54) is 19.3 Å². The van der Waals surface area contributed by atoms with E-state index in [0.29, 0.717) is 18.9 Å². The van der Waals surface area contributed by atoms with Gasteiger partial charge in [-0.15, -0.1) is 0 Å². The summed E-state index contributed by atoms with van der Waals surface area (Å²) < 4.78 is 0. The first-order chi connectivity index (χ1) is 10.1. The van der Waals surface area contributed by atoms with Crippen LogP contribution < -0.4 is 10.6 Å². The lowest BCUT2D eigenvalue weighted by Crippen LogP contribution is -2.42. The maximum absolute atomic E-state index is 12.0. The molecule has 1 atom stereocenters. The minimum atomic E-state index is -0.464. The summed E-state index contributed by atoms with van der Waals surface area (Å²) in [5, 5.41) is 5.48. The van der Waals surface area contributed by atoms with Gasteiger partial charge in [-0.05, 0) is 25.2 Å². The molecule has 0 radical (unpaired) electrons. The lowest BCUT2D eigenvalue weighted by atomic mass is 9.89. The van der Waals surface area contributed by atoms with Crippen molar-refractivity contribution in [2.45, 2.75) is 57.9 Å². The van der Waals surface area contributed by atoms with E-state index in [0.717, 1.165) is 24.2 Å². The van der Waals surface area contributed by atoms with E-state index in [1.54, 1.807) is 0 Å². The van der Waals surface area contributed by atoms with Crippen LogP contribution in [0.1, 0.15) is 51.9 Å². The summed E-state index contributed by atoms with van der Waals surface area (Å²) in [6.07, 6.45) is 7.48. The smallest absolute Gasteiger partial charge is 0.325 e. The Morgan fingerprint density at radius 3 is 2.67 bits per heavy atom. The van der Waals surface area contributed by atoms with Crippen LogP contribution in [-0.2, 0) is 9.59 Å². The number of urea groups is 1. The van der Waals surface area contributed by atoms with Crippen LogP contribution in [0.3, 0.4) is 0 Å². The van der Waals surface area contributed by atoms with Crippen LogP contribution in [-0.4, -0.2) is 41.9 Å². The molecule has 2 aliphatic rings. The molecular formula is C15H25N3O3. The van der Waals surface area contributed by atoms with E-state index in [1.807, 2.05) is 6.92 Å². The third-order valence-electron chi connectivity index (χ3n) is 4.30. The third-order valence-corrected chi connectivity index (χ3v) is 4.30. The number of amides is 4. The van der Waals surface area contributed by atoms with Crippen molar-refractivity contribution < 1.29 is 14.4 Å². The van der Waals surface area contributed by atoms with Gasteiger partial charge < -0.3 is 10.6 Å². The number of carbonyl (C=O) groups is 3. The fourth-order valence-corrected chi connectivity index (χ4v) is 3.06. The molecule has 2 rings (SSSR count). The number of carbonyl (C=O) groups excluding carboxylic acids is 3. The second-order valence-electron chi connectivity index (χ2n) is 6.02. The summed E-state index contributed by atoms with van der Waals surface area (Å²) >= 11 is 0. The molecule has 1 unspecified atom stereocenters. The highest BCUT2D eigenvalue weighted by Gasteiger charge is 2.38. The van der Waals surface area contributed by atoms with Crippen LogP contribution in [0.15, 0.2) is 0 Å². The van der Waals surface area contributed by atoms with Crippen LogP contribution in [0.2, 0.25) is 0 Å². The van der Waals surface area contributed by atoms with Gasteiger partial charge in [-0.2, -0.15) is 0 Å². The lowest BCUT2D eigenvalue weighted by molar-refractivity contribution is -0.132. The molecule has 6 heteroatoms. The van der Waals surface area contributed by atoms with Gasteiger partial charge in [-0.25, -0.2) is 4.79 Å². The van der Waals surface area contributed by atoms with Gasteiger partial charge in [0.1, 0.15) is 12.6 Å². The fourth-order valence-electron chi connectivity index (χ4n) is 3.06. The van der Waals surface area contributed by atoms with Crippen molar-refractivity contribution in [3.8, 4) is 0 Å². The highest BCUT2D eigenvalue weighted by atomic mass is 16.2. The molecule has 21 heavy (non-hydrogen) atoms. The van der Waals surface area contributed by atoms with Crippen molar-refractivity contribution in [3.05, 3.63) is 0 Å². The van der Waals surface area contributed by atoms with Gasteiger partial charge in [0, 0.05) is 6.54 Å². The quantitative estimate of drug-likeness (QED) is 0.727. The van der Waals surface area contributed by atoms with Gasteiger partial charge >= 0.3 is 6.03 Å². The largest absolute Gasteiger partial charge is 0.354 e. The van der Waals surface area contributed by atoms with Gasteiger partial charge in [-0.1, -0.05) is 32.6 Å². The summed E-state index contributed by atoms with van der Waals surface area (Å²) in [7, 11) is 0. The molecular weight excluding hydrogens is 270 g/mol. The van der Waals surface area contributed by atoms with Crippen molar-refractivity contribution in [1.29, 1.82) is 0 Å². The summed E-state index contributed by atoms with van der Waals surface area (Å²) in [6, 6.07) is -0.917. The maximum Gasteiger partial charge on any atom is 0.325 e. The van der Waals surface area contributed by atoms with Crippen LogP contribution in [0.4, 0.5) is 4.79 Å². The molecule has 4 amide bonds. The first-order valence-corrected chi connectivity index (χ1v) is 8.00. The van der Waals surface area contributed by atoms with E-state index in [-0.39, 0.29) is 18.4 Å². The summed E-state index contributed by atoms with van der Waals surface area (Å²) in [5.74, 6) is 0.00883. The van der Waals surface area contributed by atoms with Gasteiger partial charge in [0.25, 0.3) is 5.91 Å². The number of hydrogen-bond acceptors (Lipinski definition) is 3. The number of nitrogens with one attached hydrogen (secondary N) is 2. The van der Waals surface area contributed by atoms with Crippen molar-refractivity contribution in [2.24, 2.45) is 5.92 Å². The van der Waals surface area contributed by atoms with E-state index >= 15 is 0 Å². The average molecular weight is 295 g/mol. The Morgan fingerprint density at radius 2 is 2.00 bits per heavy atom. The molecule has 0 aromatic carbocycles. The molecule has 6 nitrogen and oxygen atoms in total. The Bertz CT molecular complexity index is 405. The zero-order valence-corrected chi connectivity index (χ0v) is 12.7. The predicted octanol–water partition coefficient (Wildman–Crippen LogP) is 1.40. The van der Waals surface area contributed by atoms with Gasteiger partial charge in [0.05, 0.1) is 0 Å². The Hall–Kier alpha value is -1.59. The Balaban J connectivity index is 1.76. The molecule has 1 aliphatic carbocycles. The average Bonchev–Trinajstić information content (AvgIpc) is 2.74. The van der Waals surface area contributed by atoms with Gasteiger partial charge in [-0.3, -0.25) is 14.5 Å². The van der Waals surface area contributed by atoms with E-state index in [2.05, 4.69) is 10.6 Å². The van der Waals surface area contributed by atoms with E-state index < -0.39 is 12.1 Å². The Kier molecular flexibility index (Phi) is 5.59. The maximum atomic E-state index is 12.0. The fraction of sp³-hybridized carbons (Fsp3) is 0.800. The lowest BCUT2D eigenvalue weighted by Gasteiger charge is -2.22. The van der Waals surface area contributed by atoms with Crippen LogP contribution in [0.25, 0.3) is 0 Å². The van der Waals surface area contributed by atoms with Gasteiger partial charge in [0.15, 0.2) is 0 Å². The first-order valence-electron chi connectivity index (χ1n) is 8.00. The Labute approximate surface area is 125 Å². The standard InChI is InChI=1S/C15H25N3O3/c1-2-6-12-14(20)18(15(21)17-12)10-13(19)16-9-11-7-4-3-5-8-11/h11-12H,2-10H2,1H3,(H,16,19)(H,17,21). The molecule has 1 aliphatic heterocycles. The Morgan fingerprint density at radius 1 is 1.29 bits per heavy atom. The molecule has 1 saturated carbocycles. The third kappa shape index (κ3) is 4.19. The minimum Gasteiger partial charge on any atom is -0.354 e. The summed E-state index contributed by atoms with van der Waals surface area (Å²) in [6.45, 7) is 2.44. The summed E-state index contributed by atoms with van der Waals surface area (Å²) in [5.41, 5.74) is 0. The van der Waals surface area contributed by atoms with Crippen LogP contribution >= 0.6 is 0 Å². The SMILES string of the molecule is CCCC1NC(=O)N(CC(=O)NCC2CCCCC2)C1=O. The second-order valence-corrected chi connectivity index (χ2v) is 6.02. The molecule has 1 saturated heterocycles. The highest BCUT2D eigenvalue weighted by Crippen LogP contribution is 2.22. The van der Waals surface area contributed by atoms with Crippen LogP contribution in [0.5, 0.6) is 0 Å². The minimum absolute atomic E-state index is 0.169. The highest BCUT2D eigenvalue weighted by molar-refractivity contribution is 6.06. The molecule has 0 bridgehead atoms.